The van der Waals surface area contributed by atoms with Crippen molar-refractivity contribution in [2.75, 3.05) is 5.88 Å². The molecule has 0 aliphatic carbocycles. The minimum Gasteiger partial charge on any atom is -0.421 e. The first kappa shape index (κ1) is 14.3. The minimum absolute atomic E-state index is 0.0260. The molecule has 19 heavy (non-hydrogen) atoms. The Hall–Kier alpha value is -1.08. The SMILES string of the molecule is FC(F)(F)c1ccc(Br)c(-c2nnc(CCCl)o2)c1. The zero-order valence-electron chi connectivity index (χ0n) is 9.34. The number of aromatic nitrogens is 2. The molecule has 0 unspecified atom stereocenters. The molecule has 0 N–H and O–H groups in total. The first-order chi connectivity index (χ1) is 8.91. The van der Waals surface area contributed by atoms with Crippen LogP contribution in [-0.4, -0.2) is 16.1 Å². The summed E-state index contributed by atoms with van der Waals surface area (Å²) < 4.78 is 43.6. The van der Waals surface area contributed by atoms with Crippen LogP contribution < -0.4 is 0 Å². The Kier molecular flexibility index (Phi) is 4.15. The van der Waals surface area contributed by atoms with Crippen molar-refractivity contribution >= 4 is 27.5 Å². The highest BCUT2D eigenvalue weighted by atomic mass is 79.9. The van der Waals surface area contributed by atoms with Gasteiger partial charge in [0.1, 0.15) is 0 Å². The van der Waals surface area contributed by atoms with Crippen molar-refractivity contribution < 1.29 is 17.6 Å². The maximum Gasteiger partial charge on any atom is 0.416 e. The molecule has 0 spiro atoms. The molecule has 0 atom stereocenters. The molecule has 2 aromatic rings. The third-order valence-electron chi connectivity index (χ3n) is 2.30. The highest BCUT2D eigenvalue weighted by Gasteiger charge is 2.31. The van der Waals surface area contributed by atoms with Gasteiger partial charge in [-0.3, -0.25) is 0 Å². The van der Waals surface area contributed by atoms with Crippen LogP contribution in [0.25, 0.3) is 11.5 Å². The smallest absolute Gasteiger partial charge is 0.416 e. The number of hydrogen-bond donors (Lipinski definition) is 0. The summed E-state index contributed by atoms with van der Waals surface area (Å²) in [5, 5.41) is 7.43. The summed E-state index contributed by atoms with van der Waals surface area (Å²) in [6.45, 7) is 0. The van der Waals surface area contributed by atoms with Crippen LogP contribution in [0.1, 0.15) is 11.5 Å². The van der Waals surface area contributed by atoms with E-state index in [1.165, 1.54) is 6.07 Å². The largest absolute Gasteiger partial charge is 0.421 e. The van der Waals surface area contributed by atoms with Gasteiger partial charge in [-0.05, 0) is 34.1 Å². The monoisotopic (exact) mass is 354 g/mol. The maximum absolute atomic E-state index is 12.6. The van der Waals surface area contributed by atoms with E-state index in [1.54, 1.807) is 0 Å². The van der Waals surface area contributed by atoms with E-state index >= 15 is 0 Å². The van der Waals surface area contributed by atoms with Crippen LogP contribution in [-0.2, 0) is 12.6 Å². The van der Waals surface area contributed by atoms with Gasteiger partial charge in [0.2, 0.25) is 11.8 Å². The first-order valence-electron chi connectivity index (χ1n) is 5.17. The molecular weight excluding hydrogens is 348 g/mol. The van der Waals surface area contributed by atoms with Crippen LogP contribution in [0, 0.1) is 0 Å². The number of rotatable bonds is 3. The van der Waals surface area contributed by atoms with Gasteiger partial charge in [0.05, 0.1) is 11.1 Å². The summed E-state index contributed by atoms with van der Waals surface area (Å²) in [6, 6.07) is 3.23. The van der Waals surface area contributed by atoms with Crippen molar-refractivity contribution in [3.05, 3.63) is 34.1 Å². The molecule has 0 saturated heterocycles. The normalized spacial score (nSPS) is 11.8. The van der Waals surface area contributed by atoms with Gasteiger partial charge >= 0.3 is 6.18 Å². The van der Waals surface area contributed by atoms with Gasteiger partial charge in [-0.2, -0.15) is 13.2 Å². The molecule has 0 aliphatic rings. The fourth-order valence-corrected chi connectivity index (χ4v) is 1.99. The number of alkyl halides is 4. The predicted octanol–water partition coefficient (Wildman–Crippen LogP) is 4.30. The van der Waals surface area contributed by atoms with E-state index in [2.05, 4.69) is 26.1 Å². The number of hydrogen-bond acceptors (Lipinski definition) is 3. The third-order valence-corrected chi connectivity index (χ3v) is 3.18. The van der Waals surface area contributed by atoms with E-state index in [-0.39, 0.29) is 17.3 Å². The molecule has 0 bridgehead atoms. The molecule has 3 nitrogen and oxygen atoms in total. The topological polar surface area (TPSA) is 38.9 Å². The molecular formula is C11H7BrClF3N2O. The number of nitrogens with zero attached hydrogens (tertiary/aromatic N) is 2. The molecule has 1 aromatic carbocycles. The molecule has 0 amide bonds. The zero-order valence-corrected chi connectivity index (χ0v) is 11.7. The lowest BCUT2D eigenvalue weighted by molar-refractivity contribution is -0.137. The van der Waals surface area contributed by atoms with Crippen LogP contribution in [0.3, 0.4) is 0 Å². The van der Waals surface area contributed by atoms with Crippen LogP contribution >= 0.6 is 27.5 Å². The molecule has 0 aliphatic heterocycles. The molecule has 1 heterocycles. The Balaban J connectivity index is 2.42. The van der Waals surface area contributed by atoms with Gasteiger partial charge in [-0.1, -0.05) is 0 Å². The molecule has 2 rings (SSSR count). The maximum atomic E-state index is 12.6. The molecule has 102 valence electrons. The summed E-state index contributed by atoms with van der Waals surface area (Å²) in [5.41, 5.74) is -0.578. The van der Waals surface area contributed by atoms with Crippen molar-refractivity contribution in [2.24, 2.45) is 0 Å². The van der Waals surface area contributed by atoms with Crippen molar-refractivity contribution in [1.29, 1.82) is 0 Å². The number of halogens is 5. The molecule has 0 radical (unpaired) electrons. The fraction of sp³-hybridized carbons (Fsp3) is 0.273. The van der Waals surface area contributed by atoms with Crippen LogP contribution in [0.5, 0.6) is 0 Å². The quantitative estimate of drug-likeness (QED) is 0.771. The van der Waals surface area contributed by atoms with Crippen LogP contribution in [0.4, 0.5) is 13.2 Å². The van der Waals surface area contributed by atoms with Gasteiger partial charge in [0.25, 0.3) is 0 Å². The van der Waals surface area contributed by atoms with Crippen molar-refractivity contribution in [1.82, 2.24) is 10.2 Å². The number of benzene rings is 1. The van der Waals surface area contributed by atoms with E-state index in [0.29, 0.717) is 16.8 Å². The standard InChI is InChI=1S/C11H7BrClF3N2O/c12-8-2-1-6(11(14,15)16)5-7(8)10-18-17-9(19-10)3-4-13/h1-2,5H,3-4H2. The highest BCUT2D eigenvalue weighted by Crippen LogP contribution is 2.35. The average molecular weight is 356 g/mol. The van der Waals surface area contributed by atoms with Gasteiger partial charge in [-0.15, -0.1) is 21.8 Å². The molecule has 1 aromatic heterocycles. The third kappa shape index (κ3) is 3.27. The van der Waals surface area contributed by atoms with E-state index < -0.39 is 11.7 Å². The lowest BCUT2D eigenvalue weighted by Crippen LogP contribution is -2.04. The van der Waals surface area contributed by atoms with Crippen molar-refractivity contribution in [3.63, 3.8) is 0 Å². The molecule has 0 saturated carbocycles. The highest BCUT2D eigenvalue weighted by molar-refractivity contribution is 9.10. The Labute approximate surface area is 119 Å². The first-order valence-corrected chi connectivity index (χ1v) is 6.50. The lowest BCUT2D eigenvalue weighted by Gasteiger charge is -2.08. The van der Waals surface area contributed by atoms with E-state index in [9.17, 15) is 13.2 Å². The Bertz CT molecular complexity index is 586. The zero-order chi connectivity index (χ0) is 14.0. The molecule has 8 heteroatoms. The summed E-state index contributed by atoms with van der Waals surface area (Å²) >= 11 is 8.68. The van der Waals surface area contributed by atoms with Crippen LogP contribution in [0.2, 0.25) is 0 Å². The Morgan fingerprint density at radius 3 is 2.63 bits per heavy atom. The van der Waals surface area contributed by atoms with Crippen LogP contribution in [0.15, 0.2) is 27.1 Å². The van der Waals surface area contributed by atoms with Gasteiger partial charge < -0.3 is 4.42 Å². The summed E-state index contributed by atoms with van der Waals surface area (Å²) in [7, 11) is 0. The average Bonchev–Trinajstić information content (AvgIpc) is 2.77. The van der Waals surface area contributed by atoms with Gasteiger partial charge in [0.15, 0.2) is 0 Å². The van der Waals surface area contributed by atoms with Gasteiger partial charge in [-0.25, -0.2) is 0 Å². The van der Waals surface area contributed by atoms with Crippen molar-refractivity contribution in [3.8, 4) is 11.5 Å². The minimum atomic E-state index is -4.42. The number of aryl methyl sites for hydroxylation is 1. The fourth-order valence-electron chi connectivity index (χ4n) is 1.41. The second-order valence-corrected chi connectivity index (χ2v) is 4.86. The Morgan fingerprint density at radius 2 is 2.00 bits per heavy atom. The van der Waals surface area contributed by atoms with Crippen molar-refractivity contribution in [2.45, 2.75) is 12.6 Å². The Morgan fingerprint density at radius 1 is 1.26 bits per heavy atom. The lowest BCUT2D eigenvalue weighted by atomic mass is 10.1. The summed E-state index contributed by atoms with van der Waals surface area (Å²) in [6.07, 6.45) is -4.06. The molecule has 0 fully saturated rings. The second kappa shape index (κ2) is 5.50. The summed E-state index contributed by atoms with van der Waals surface area (Å²) in [4.78, 5) is 0. The van der Waals surface area contributed by atoms with E-state index in [4.69, 9.17) is 16.0 Å². The second-order valence-electron chi connectivity index (χ2n) is 3.63. The summed E-state index contributed by atoms with van der Waals surface area (Å²) in [5.74, 6) is 0.609. The predicted molar refractivity (Wildman–Crippen MR) is 66.9 cm³/mol. The van der Waals surface area contributed by atoms with Gasteiger partial charge in [0, 0.05) is 16.8 Å². The van der Waals surface area contributed by atoms with E-state index in [1.807, 2.05) is 0 Å². The van der Waals surface area contributed by atoms with E-state index in [0.717, 1.165) is 12.1 Å².